The lowest BCUT2D eigenvalue weighted by atomic mass is 10.0. The lowest BCUT2D eigenvalue weighted by Gasteiger charge is -2.19. The molecular formula is C14H19NO. The fraction of sp³-hybridized carbons (Fsp3) is 0.571. The normalized spacial score (nSPS) is 21.0. The molecule has 1 heterocycles. The summed E-state index contributed by atoms with van der Waals surface area (Å²) in [4.78, 5) is 2.50. The summed E-state index contributed by atoms with van der Waals surface area (Å²) in [5, 5.41) is 9.75. The number of rotatable bonds is 3. The number of fused-ring (bicyclic) bond motifs is 1. The molecule has 1 fully saturated rings. The minimum Gasteiger partial charge on any atom is -0.389 e. The highest BCUT2D eigenvalue weighted by Gasteiger charge is 2.29. The zero-order valence-electron chi connectivity index (χ0n) is 9.82. The molecule has 2 nitrogen and oxygen atoms in total. The zero-order valence-corrected chi connectivity index (χ0v) is 9.82. The first-order valence-corrected chi connectivity index (χ1v) is 6.30. The van der Waals surface area contributed by atoms with Gasteiger partial charge in [0.15, 0.2) is 0 Å². The van der Waals surface area contributed by atoms with Crippen LogP contribution in [0.15, 0.2) is 18.2 Å². The summed E-state index contributed by atoms with van der Waals surface area (Å²) >= 11 is 0. The van der Waals surface area contributed by atoms with E-state index in [1.54, 1.807) is 0 Å². The van der Waals surface area contributed by atoms with Gasteiger partial charge in [-0.2, -0.15) is 0 Å². The molecule has 1 aliphatic heterocycles. The van der Waals surface area contributed by atoms with Gasteiger partial charge >= 0.3 is 0 Å². The molecule has 1 aromatic carbocycles. The van der Waals surface area contributed by atoms with Crippen molar-refractivity contribution in [3.63, 3.8) is 0 Å². The summed E-state index contributed by atoms with van der Waals surface area (Å²) in [7, 11) is 0. The molecule has 0 aromatic heterocycles. The fourth-order valence-electron chi connectivity index (χ4n) is 2.72. The van der Waals surface area contributed by atoms with Crippen LogP contribution >= 0.6 is 0 Å². The van der Waals surface area contributed by atoms with Gasteiger partial charge in [-0.15, -0.1) is 0 Å². The van der Waals surface area contributed by atoms with Gasteiger partial charge in [0.1, 0.15) is 0 Å². The van der Waals surface area contributed by atoms with E-state index in [9.17, 15) is 5.11 Å². The summed E-state index contributed by atoms with van der Waals surface area (Å²) < 4.78 is 0. The lowest BCUT2D eigenvalue weighted by Crippen LogP contribution is -2.22. The van der Waals surface area contributed by atoms with Crippen molar-refractivity contribution in [2.75, 3.05) is 18.0 Å². The second-order valence-corrected chi connectivity index (χ2v) is 5.16. The summed E-state index contributed by atoms with van der Waals surface area (Å²) in [5.74, 6) is 0.932. The Hall–Kier alpha value is -1.02. The van der Waals surface area contributed by atoms with Gasteiger partial charge in [0.25, 0.3) is 0 Å². The second kappa shape index (κ2) is 3.77. The minimum atomic E-state index is -0.337. The van der Waals surface area contributed by atoms with Gasteiger partial charge in [0, 0.05) is 18.8 Å². The number of anilines is 1. The Morgan fingerprint density at radius 2 is 2.25 bits per heavy atom. The molecule has 1 aliphatic carbocycles. The van der Waals surface area contributed by atoms with Crippen LogP contribution in [-0.4, -0.2) is 18.2 Å². The monoisotopic (exact) mass is 217 g/mol. The first-order chi connectivity index (χ1) is 7.75. The minimum absolute atomic E-state index is 0.337. The van der Waals surface area contributed by atoms with E-state index in [0.29, 0.717) is 0 Å². The van der Waals surface area contributed by atoms with Gasteiger partial charge in [-0.3, -0.25) is 0 Å². The Labute approximate surface area is 96.9 Å². The quantitative estimate of drug-likeness (QED) is 0.841. The van der Waals surface area contributed by atoms with Gasteiger partial charge in [-0.25, -0.2) is 0 Å². The van der Waals surface area contributed by atoms with Crippen molar-refractivity contribution >= 4 is 5.69 Å². The average Bonchev–Trinajstić information content (AvgIpc) is 2.98. The number of hydrogen-bond donors (Lipinski definition) is 1. The smallest absolute Gasteiger partial charge is 0.0765 e. The van der Waals surface area contributed by atoms with Crippen LogP contribution < -0.4 is 4.90 Å². The molecule has 1 unspecified atom stereocenters. The van der Waals surface area contributed by atoms with Gasteiger partial charge in [0.05, 0.1) is 6.10 Å². The molecule has 1 aromatic rings. The van der Waals surface area contributed by atoms with Gasteiger partial charge in [0.2, 0.25) is 0 Å². The highest BCUT2D eigenvalue weighted by molar-refractivity contribution is 5.61. The lowest BCUT2D eigenvalue weighted by molar-refractivity contribution is 0.198. The van der Waals surface area contributed by atoms with E-state index in [4.69, 9.17) is 0 Å². The van der Waals surface area contributed by atoms with Crippen LogP contribution in [0.2, 0.25) is 0 Å². The molecule has 3 rings (SSSR count). The average molecular weight is 217 g/mol. The van der Waals surface area contributed by atoms with Crippen molar-refractivity contribution in [1.82, 2.24) is 0 Å². The van der Waals surface area contributed by atoms with E-state index in [1.165, 1.54) is 30.6 Å². The van der Waals surface area contributed by atoms with Gasteiger partial charge in [-0.1, -0.05) is 12.1 Å². The van der Waals surface area contributed by atoms with E-state index in [-0.39, 0.29) is 6.10 Å². The Kier molecular flexibility index (Phi) is 2.40. The van der Waals surface area contributed by atoms with Crippen molar-refractivity contribution in [3.8, 4) is 0 Å². The zero-order chi connectivity index (χ0) is 11.1. The maximum atomic E-state index is 9.75. The molecule has 0 amide bonds. The summed E-state index contributed by atoms with van der Waals surface area (Å²) in [6.45, 7) is 4.21. The molecule has 0 spiro atoms. The number of benzene rings is 1. The first kappa shape index (κ1) is 10.2. The largest absolute Gasteiger partial charge is 0.389 e. The Morgan fingerprint density at radius 1 is 1.44 bits per heavy atom. The molecular weight excluding hydrogens is 198 g/mol. The molecule has 0 radical (unpaired) electrons. The molecule has 0 bridgehead atoms. The van der Waals surface area contributed by atoms with Gasteiger partial charge in [-0.05, 0) is 49.3 Å². The van der Waals surface area contributed by atoms with Crippen molar-refractivity contribution in [2.24, 2.45) is 5.92 Å². The van der Waals surface area contributed by atoms with Crippen molar-refractivity contribution in [1.29, 1.82) is 0 Å². The number of nitrogens with zero attached hydrogens (tertiary/aromatic N) is 1. The molecule has 2 aliphatic rings. The summed E-state index contributed by atoms with van der Waals surface area (Å²) in [6.07, 6.45) is 3.57. The Morgan fingerprint density at radius 3 is 2.94 bits per heavy atom. The molecule has 2 heteroatoms. The van der Waals surface area contributed by atoms with E-state index < -0.39 is 0 Å². The predicted octanol–water partition coefficient (Wildman–Crippen LogP) is 2.51. The molecule has 86 valence electrons. The Bertz CT molecular complexity index is 396. The van der Waals surface area contributed by atoms with E-state index in [2.05, 4.69) is 23.1 Å². The fourth-order valence-corrected chi connectivity index (χ4v) is 2.72. The predicted molar refractivity (Wildman–Crippen MR) is 65.7 cm³/mol. The maximum absolute atomic E-state index is 9.75. The van der Waals surface area contributed by atoms with Crippen LogP contribution in [0.3, 0.4) is 0 Å². The van der Waals surface area contributed by atoms with Crippen LogP contribution in [-0.2, 0) is 6.42 Å². The maximum Gasteiger partial charge on any atom is 0.0765 e. The third-order valence-corrected chi connectivity index (χ3v) is 3.79. The summed E-state index contributed by atoms with van der Waals surface area (Å²) in [6, 6.07) is 6.34. The summed E-state index contributed by atoms with van der Waals surface area (Å²) in [5.41, 5.74) is 3.86. The van der Waals surface area contributed by atoms with Crippen LogP contribution in [0.1, 0.15) is 37.0 Å². The van der Waals surface area contributed by atoms with Crippen LogP contribution in [0.25, 0.3) is 0 Å². The van der Waals surface area contributed by atoms with Crippen molar-refractivity contribution in [2.45, 2.75) is 32.3 Å². The molecule has 0 saturated heterocycles. The topological polar surface area (TPSA) is 23.5 Å². The third kappa shape index (κ3) is 1.71. The highest BCUT2D eigenvalue weighted by Crippen LogP contribution is 2.37. The number of aliphatic hydroxyl groups is 1. The van der Waals surface area contributed by atoms with Crippen LogP contribution in [0.4, 0.5) is 5.69 Å². The highest BCUT2D eigenvalue weighted by atomic mass is 16.3. The van der Waals surface area contributed by atoms with E-state index in [0.717, 1.165) is 24.4 Å². The third-order valence-electron chi connectivity index (χ3n) is 3.79. The molecule has 1 saturated carbocycles. The molecule has 1 atom stereocenters. The molecule has 1 N–H and O–H groups in total. The SMILES string of the molecule is CC(O)c1cccc2c1CCN2CC1CC1. The van der Waals surface area contributed by atoms with E-state index >= 15 is 0 Å². The van der Waals surface area contributed by atoms with Crippen LogP contribution in [0, 0.1) is 5.92 Å². The van der Waals surface area contributed by atoms with Gasteiger partial charge < -0.3 is 10.0 Å². The first-order valence-electron chi connectivity index (χ1n) is 6.30. The van der Waals surface area contributed by atoms with Crippen molar-refractivity contribution in [3.05, 3.63) is 29.3 Å². The van der Waals surface area contributed by atoms with E-state index in [1.807, 2.05) is 6.92 Å². The standard InChI is InChI=1S/C14H19NO/c1-10(16)12-3-2-4-14-13(12)7-8-15(14)9-11-5-6-11/h2-4,10-11,16H,5-9H2,1H3. The molecule has 16 heavy (non-hydrogen) atoms. The second-order valence-electron chi connectivity index (χ2n) is 5.16. The number of aliphatic hydroxyl groups excluding tert-OH is 1. The Balaban J connectivity index is 1.90. The van der Waals surface area contributed by atoms with Crippen LogP contribution in [0.5, 0.6) is 0 Å². The number of hydrogen-bond acceptors (Lipinski definition) is 2. The van der Waals surface area contributed by atoms with Crippen molar-refractivity contribution < 1.29 is 5.11 Å².